The maximum absolute atomic E-state index is 13.7. The van der Waals surface area contributed by atoms with Gasteiger partial charge in [0.1, 0.15) is 6.67 Å². The van der Waals surface area contributed by atoms with Crippen LogP contribution < -0.4 is 5.32 Å². The molecule has 0 aliphatic heterocycles. The number of hydrogen-bond acceptors (Lipinski definition) is 4. The number of ketones is 2. The highest BCUT2D eigenvalue weighted by molar-refractivity contribution is 6.06. The molecule has 0 fully saturated rings. The van der Waals surface area contributed by atoms with Crippen molar-refractivity contribution in [3.63, 3.8) is 0 Å². The van der Waals surface area contributed by atoms with Gasteiger partial charge in [0.05, 0.1) is 12.3 Å². The SMILES string of the molecule is O=C(O)CCNC(=O)c1ccc(C(=O)C(CC(=O)c2cccc(CF)c2)c2ccc(-c3ccccc3)cc2)cc1. The summed E-state index contributed by atoms with van der Waals surface area (Å²) in [6, 6.07) is 29.6. The molecule has 7 heteroatoms. The first-order valence-electron chi connectivity index (χ1n) is 12.8. The summed E-state index contributed by atoms with van der Waals surface area (Å²) in [5.41, 5.74) is 3.98. The fourth-order valence-electron chi connectivity index (χ4n) is 4.40. The lowest BCUT2D eigenvalue weighted by Crippen LogP contribution is -2.26. The molecule has 0 heterocycles. The highest BCUT2D eigenvalue weighted by Crippen LogP contribution is 2.29. The summed E-state index contributed by atoms with van der Waals surface area (Å²) in [7, 11) is 0. The molecule has 2 N–H and O–H groups in total. The lowest BCUT2D eigenvalue weighted by atomic mass is 9.84. The molecule has 4 rings (SSSR count). The fourth-order valence-corrected chi connectivity index (χ4v) is 4.40. The standard InChI is InChI=1S/C33H28FNO5/c34-21-22-5-4-8-28(19-22)30(36)20-29(25-11-9-24(10-12-25)23-6-2-1-3-7-23)32(39)26-13-15-27(16-14-26)33(40)35-18-17-31(37)38/h1-16,19,29H,17-18,20-21H2,(H,35,40)(H,37,38). The van der Waals surface area contributed by atoms with Gasteiger partial charge < -0.3 is 10.4 Å². The molecular formula is C33H28FNO5. The van der Waals surface area contributed by atoms with Crippen molar-refractivity contribution in [1.82, 2.24) is 5.32 Å². The Hall–Kier alpha value is -4.91. The molecule has 1 amide bonds. The van der Waals surface area contributed by atoms with Crippen molar-refractivity contribution in [1.29, 1.82) is 0 Å². The van der Waals surface area contributed by atoms with Gasteiger partial charge in [-0.3, -0.25) is 19.2 Å². The minimum absolute atomic E-state index is 0.0123. The molecule has 4 aromatic carbocycles. The normalized spacial score (nSPS) is 11.4. The average molecular weight is 538 g/mol. The number of amides is 1. The number of benzene rings is 4. The quantitative estimate of drug-likeness (QED) is 0.208. The van der Waals surface area contributed by atoms with Crippen LogP contribution in [0.2, 0.25) is 0 Å². The van der Waals surface area contributed by atoms with E-state index in [1.54, 1.807) is 18.2 Å². The van der Waals surface area contributed by atoms with Gasteiger partial charge in [0, 0.05) is 29.7 Å². The topological polar surface area (TPSA) is 101 Å². The predicted octanol–water partition coefficient (Wildman–Crippen LogP) is 6.27. The van der Waals surface area contributed by atoms with Gasteiger partial charge in [-0.1, -0.05) is 84.9 Å². The summed E-state index contributed by atoms with van der Waals surface area (Å²) in [6.45, 7) is -0.706. The predicted molar refractivity (Wildman–Crippen MR) is 150 cm³/mol. The van der Waals surface area contributed by atoms with E-state index in [4.69, 9.17) is 5.11 Å². The number of aliphatic carboxylic acids is 1. The van der Waals surface area contributed by atoms with Crippen molar-refractivity contribution < 1.29 is 28.7 Å². The summed E-state index contributed by atoms with van der Waals surface area (Å²) >= 11 is 0. The van der Waals surface area contributed by atoms with E-state index >= 15 is 0 Å². The van der Waals surface area contributed by atoms with Crippen molar-refractivity contribution in [2.24, 2.45) is 0 Å². The monoisotopic (exact) mass is 537 g/mol. The van der Waals surface area contributed by atoms with Crippen molar-refractivity contribution in [3.8, 4) is 11.1 Å². The molecular weight excluding hydrogens is 509 g/mol. The molecule has 0 aliphatic carbocycles. The number of rotatable bonds is 12. The molecule has 0 bridgehead atoms. The first kappa shape index (κ1) is 28.1. The molecule has 0 saturated heterocycles. The summed E-state index contributed by atoms with van der Waals surface area (Å²) in [6.07, 6.45) is -0.313. The van der Waals surface area contributed by atoms with Gasteiger partial charge in [0.25, 0.3) is 5.91 Å². The van der Waals surface area contributed by atoms with Crippen LogP contribution in [0.4, 0.5) is 4.39 Å². The van der Waals surface area contributed by atoms with Crippen LogP contribution in [0.25, 0.3) is 11.1 Å². The van der Waals surface area contributed by atoms with Gasteiger partial charge >= 0.3 is 5.97 Å². The summed E-state index contributed by atoms with van der Waals surface area (Å²) in [5, 5.41) is 11.3. The molecule has 1 unspecified atom stereocenters. The zero-order valence-corrected chi connectivity index (χ0v) is 21.7. The van der Waals surface area contributed by atoms with Crippen molar-refractivity contribution in [3.05, 3.63) is 131 Å². The number of carboxylic acid groups (broad SMARTS) is 1. The van der Waals surface area contributed by atoms with Crippen LogP contribution in [0.15, 0.2) is 103 Å². The van der Waals surface area contributed by atoms with E-state index in [1.807, 2.05) is 54.6 Å². The third-order valence-electron chi connectivity index (χ3n) is 6.59. The average Bonchev–Trinajstić information content (AvgIpc) is 3.00. The highest BCUT2D eigenvalue weighted by atomic mass is 19.1. The van der Waals surface area contributed by atoms with Gasteiger partial charge in [-0.2, -0.15) is 0 Å². The van der Waals surface area contributed by atoms with Crippen LogP contribution in [0.1, 0.15) is 61.0 Å². The molecule has 202 valence electrons. The maximum atomic E-state index is 13.7. The van der Waals surface area contributed by atoms with E-state index in [9.17, 15) is 23.6 Å². The molecule has 1 atom stereocenters. The molecule has 6 nitrogen and oxygen atoms in total. The zero-order valence-electron chi connectivity index (χ0n) is 21.7. The van der Waals surface area contributed by atoms with E-state index < -0.39 is 24.5 Å². The summed E-state index contributed by atoms with van der Waals surface area (Å²) < 4.78 is 13.2. The lowest BCUT2D eigenvalue weighted by Gasteiger charge is -2.17. The molecule has 0 aromatic heterocycles. The van der Waals surface area contributed by atoms with Crippen LogP contribution >= 0.6 is 0 Å². The Morgan fingerprint density at radius 3 is 2.02 bits per heavy atom. The number of Topliss-reactive ketones (excluding diaryl/α,β-unsaturated/α-hetero) is 2. The van der Waals surface area contributed by atoms with E-state index in [2.05, 4.69) is 5.32 Å². The maximum Gasteiger partial charge on any atom is 0.305 e. The van der Waals surface area contributed by atoms with Crippen LogP contribution in [-0.2, 0) is 11.5 Å². The summed E-state index contributed by atoms with van der Waals surface area (Å²) in [4.78, 5) is 50.0. The number of nitrogens with one attached hydrogen (secondary N) is 1. The number of alkyl halides is 1. The Morgan fingerprint density at radius 1 is 0.725 bits per heavy atom. The largest absolute Gasteiger partial charge is 0.481 e. The minimum atomic E-state index is -1.02. The first-order valence-corrected chi connectivity index (χ1v) is 12.8. The lowest BCUT2D eigenvalue weighted by molar-refractivity contribution is -0.136. The second kappa shape index (κ2) is 13.2. The van der Waals surface area contributed by atoms with Crippen molar-refractivity contribution >= 4 is 23.4 Å². The Morgan fingerprint density at radius 2 is 1.38 bits per heavy atom. The number of carboxylic acids is 1. The van der Waals surface area contributed by atoms with E-state index in [0.717, 1.165) is 11.1 Å². The Bertz CT molecular complexity index is 1500. The molecule has 40 heavy (non-hydrogen) atoms. The van der Waals surface area contributed by atoms with Crippen LogP contribution in [0, 0.1) is 0 Å². The molecule has 0 radical (unpaired) electrons. The van der Waals surface area contributed by atoms with Crippen molar-refractivity contribution in [2.75, 3.05) is 6.54 Å². The molecule has 0 aliphatic rings. The van der Waals surface area contributed by atoms with Gasteiger partial charge in [-0.15, -0.1) is 0 Å². The highest BCUT2D eigenvalue weighted by Gasteiger charge is 2.26. The first-order chi connectivity index (χ1) is 19.4. The van der Waals surface area contributed by atoms with Gasteiger partial charge in [-0.05, 0) is 40.5 Å². The number of hydrogen-bond donors (Lipinski definition) is 2. The number of halogens is 1. The Balaban J connectivity index is 1.60. The third-order valence-corrected chi connectivity index (χ3v) is 6.59. The molecule has 4 aromatic rings. The smallest absolute Gasteiger partial charge is 0.305 e. The molecule has 0 spiro atoms. The zero-order chi connectivity index (χ0) is 28.5. The fraction of sp³-hybridized carbons (Fsp3) is 0.152. The molecule has 0 saturated carbocycles. The summed E-state index contributed by atoms with van der Waals surface area (Å²) in [5.74, 6) is -2.84. The van der Waals surface area contributed by atoms with E-state index in [-0.39, 0.29) is 36.5 Å². The minimum Gasteiger partial charge on any atom is -0.481 e. The Labute approximate surface area is 231 Å². The second-order valence-corrected chi connectivity index (χ2v) is 9.34. The Kier molecular flexibility index (Phi) is 9.31. The van der Waals surface area contributed by atoms with Gasteiger partial charge in [0.15, 0.2) is 11.6 Å². The number of carbonyl (C=O) groups is 4. The second-order valence-electron chi connectivity index (χ2n) is 9.34. The van der Waals surface area contributed by atoms with Crippen LogP contribution in [0.3, 0.4) is 0 Å². The van der Waals surface area contributed by atoms with Crippen LogP contribution in [0.5, 0.6) is 0 Å². The third kappa shape index (κ3) is 7.14. The van der Waals surface area contributed by atoms with E-state index in [1.165, 1.54) is 30.3 Å². The van der Waals surface area contributed by atoms with Gasteiger partial charge in [0.2, 0.25) is 0 Å². The number of carbonyl (C=O) groups excluding carboxylic acids is 3. The van der Waals surface area contributed by atoms with E-state index in [0.29, 0.717) is 22.3 Å². The van der Waals surface area contributed by atoms with Gasteiger partial charge in [-0.25, -0.2) is 4.39 Å². The van der Waals surface area contributed by atoms with Crippen molar-refractivity contribution in [2.45, 2.75) is 25.4 Å². The van der Waals surface area contributed by atoms with Crippen LogP contribution in [-0.4, -0.2) is 35.1 Å².